The molecular formula is C26H30F3N7O2. The number of aromatic amines is 1. The minimum absolute atomic E-state index is 0.0913. The van der Waals surface area contributed by atoms with Crippen molar-refractivity contribution in [3.05, 3.63) is 42.1 Å². The molecule has 2 aliphatic rings. The minimum Gasteiger partial charge on any atom is -0.378 e. The van der Waals surface area contributed by atoms with Crippen molar-refractivity contribution in [2.75, 3.05) is 55.3 Å². The zero-order valence-electron chi connectivity index (χ0n) is 21.0. The number of alkyl halides is 3. The molecule has 0 saturated carbocycles. The van der Waals surface area contributed by atoms with Crippen molar-refractivity contribution >= 4 is 23.5 Å². The number of nitrogens with two attached hydrogens (primary N) is 1. The smallest absolute Gasteiger partial charge is 0.378 e. The van der Waals surface area contributed by atoms with Crippen LogP contribution < -0.4 is 16.0 Å². The van der Waals surface area contributed by atoms with Gasteiger partial charge in [-0.1, -0.05) is 6.07 Å². The number of ether oxygens (including phenoxy) is 1. The number of aromatic nitrogens is 3. The van der Waals surface area contributed by atoms with Crippen molar-refractivity contribution in [2.24, 2.45) is 5.92 Å². The molecule has 1 atom stereocenters. The average molecular weight is 530 g/mol. The van der Waals surface area contributed by atoms with Crippen LogP contribution in [0.5, 0.6) is 0 Å². The quantitative estimate of drug-likeness (QED) is 0.443. The standard InChI is InChI=1S/C26H30F3N7O2/c1-16-2-3-19(32-25(37)36-5-4-17(15-36)13-26(27,28)29)12-20(16)18-10-21(22-14-31-24(30)34-22)33-23(11-18)35-6-8-38-9-7-35/h2-3,10-12,14,17H,4-9,13,15H2,1H3,(H,32,37)(H3,30,31,34). The number of aryl methyl sites for hydroxylation is 1. The maximum absolute atomic E-state index is 12.8. The molecule has 2 aliphatic heterocycles. The van der Waals surface area contributed by atoms with Gasteiger partial charge in [-0.05, 0) is 60.2 Å². The second kappa shape index (κ2) is 10.5. The first-order valence-corrected chi connectivity index (χ1v) is 12.5. The number of nitrogens with zero attached hydrogens (tertiary/aromatic N) is 4. The van der Waals surface area contributed by atoms with Crippen molar-refractivity contribution in [3.63, 3.8) is 0 Å². The van der Waals surface area contributed by atoms with E-state index in [9.17, 15) is 18.0 Å². The number of likely N-dealkylation sites (tertiary alicyclic amines) is 1. The summed E-state index contributed by atoms with van der Waals surface area (Å²) in [7, 11) is 0. The average Bonchev–Trinajstić information content (AvgIpc) is 3.53. The third-order valence-corrected chi connectivity index (χ3v) is 6.91. The SMILES string of the molecule is Cc1ccc(NC(=O)N2CCC(CC(F)(F)F)C2)cc1-c1cc(-c2cnc(N)[nH]2)nc(N2CCOCC2)c1. The van der Waals surface area contributed by atoms with E-state index in [1.807, 2.05) is 31.2 Å². The van der Waals surface area contributed by atoms with Crippen LogP contribution in [0.1, 0.15) is 18.4 Å². The molecule has 12 heteroatoms. The normalized spacial score (nSPS) is 18.2. The fourth-order valence-electron chi connectivity index (χ4n) is 4.96. The molecule has 38 heavy (non-hydrogen) atoms. The first kappa shape index (κ1) is 25.8. The van der Waals surface area contributed by atoms with Crippen molar-refractivity contribution in [1.82, 2.24) is 19.9 Å². The number of halogens is 3. The van der Waals surface area contributed by atoms with Crippen molar-refractivity contribution < 1.29 is 22.7 Å². The third-order valence-electron chi connectivity index (χ3n) is 6.91. The summed E-state index contributed by atoms with van der Waals surface area (Å²) in [6.45, 7) is 5.01. The summed E-state index contributed by atoms with van der Waals surface area (Å²) in [5.74, 6) is 0.510. The van der Waals surface area contributed by atoms with E-state index in [2.05, 4.69) is 20.2 Å². The number of nitrogens with one attached hydrogen (secondary N) is 2. The predicted octanol–water partition coefficient (Wildman–Crippen LogP) is 4.67. The molecule has 2 fully saturated rings. The highest BCUT2D eigenvalue weighted by atomic mass is 19.4. The molecule has 0 spiro atoms. The Morgan fingerprint density at radius 2 is 2.00 bits per heavy atom. The van der Waals surface area contributed by atoms with Crippen LogP contribution >= 0.6 is 0 Å². The first-order chi connectivity index (χ1) is 18.1. The number of imidazole rings is 1. The van der Waals surface area contributed by atoms with Crippen LogP contribution in [0.3, 0.4) is 0 Å². The number of rotatable bonds is 5. The molecule has 0 aliphatic carbocycles. The maximum atomic E-state index is 12.8. The molecule has 2 aromatic heterocycles. The molecule has 1 unspecified atom stereocenters. The van der Waals surface area contributed by atoms with Crippen LogP contribution in [-0.4, -0.2) is 71.5 Å². The number of hydrogen-bond donors (Lipinski definition) is 3. The number of carbonyl (C=O) groups excluding carboxylic acids is 1. The minimum atomic E-state index is -4.23. The van der Waals surface area contributed by atoms with E-state index < -0.39 is 24.5 Å². The predicted molar refractivity (Wildman–Crippen MR) is 139 cm³/mol. The highest BCUT2D eigenvalue weighted by molar-refractivity contribution is 5.91. The van der Waals surface area contributed by atoms with Gasteiger partial charge in [-0.25, -0.2) is 14.8 Å². The zero-order valence-corrected chi connectivity index (χ0v) is 21.0. The molecule has 5 rings (SSSR count). The molecule has 0 radical (unpaired) electrons. The number of hydrogen-bond acceptors (Lipinski definition) is 6. The number of carbonyl (C=O) groups is 1. The summed E-state index contributed by atoms with van der Waals surface area (Å²) in [5.41, 5.74) is 10.5. The Bertz CT molecular complexity index is 1300. The maximum Gasteiger partial charge on any atom is 0.389 e. The lowest BCUT2D eigenvalue weighted by Gasteiger charge is -2.28. The highest BCUT2D eigenvalue weighted by Crippen LogP contribution is 2.34. The van der Waals surface area contributed by atoms with E-state index in [4.69, 9.17) is 15.5 Å². The van der Waals surface area contributed by atoms with Crippen LogP contribution in [0.25, 0.3) is 22.5 Å². The lowest BCUT2D eigenvalue weighted by Crippen LogP contribution is -2.36. The van der Waals surface area contributed by atoms with Gasteiger partial charge >= 0.3 is 12.2 Å². The fourth-order valence-corrected chi connectivity index (χ4v) is 4.96. The van der Waals surface area contributed by atoms with Gasteiger partial charge in [0, 0.05) is 38.3 Å². The van der Waals surface area contributed by atoms with E-state index in [1.54, 1.807) is 12.3 Å². The second-order valence-corrected chi connectivity index (χ2v) is 9.76. The van der Waals surface area contributed by atoms with E-state index in [-0.39, 0.29) is 6.54 Å². The Morgan fingerprint density at radius 1 is 1.21 bits per heavy atom. The molecule has 202 valence electrons. The summed E-state index contributed by atoms with van der Waals surface area (Å²) in [4.78, 5) is 28.4. The second-order valence-electron chi connectivity index (χ2n) is 9.76. The zero-order chi connectivity index (χ0) is 26.9. The van der Waals surface area contributed by atoms with Gasteiger partial charge in [-0.2, -0.15) is 13.2 Å². The lowest BCUT2D eigenvalue weighted by molar-refractivity contribution is -0.143. The molecule has 3 aromatic rings. The number of benzene rings is 1. The Hall–Kier alpha value is -3.80. The number of amides is 2. The van der Waals surface area contributed by atoms with Crippen LogP contribution in [0.15, 0.2) is 36.5 Å². The Kier molecular flexibility index (Phi) is 7.15. The van der Waals surface area contributed by atoms with Crippen molar-refractivity contribution in [3.8, 4) is 22.5 Å². The van der Waals surface area contributed by atoms with Crippen molar-refractivity contribution in [1.29, 1.82) is 0 Å². The van der Waals surface area contributed by atoms with Gasteiger partial charge in [0.1, 0.15) is 5.82 Å². The van der Waals surface area contributed by atoms with Crippen molar-refractivity contribution in [2.45, 2.75) is 25.9 Å². The number of urea groups is 1. The number of nitrogen functional groups attached to an aromatic ring is 1. The monoisotopic (exact) mass is 529 g/mol. The number of H-pyrrole nitrogens is 1. The van der Waals surface area contributed by atoms with Crippen LogP contribution in [0, 0.1) is 12.8 Å². The lowest BCUT2D eigenvalue weighted by atomic mass is 9.99. The summed E-state index contributed by atoms with van der Waals surface area (Å²) in [6, 6.07) is 9.12. The van der Waals surface area contributed by atoms with E-state index in [1.165, 1.54) is 4.90 Å². The topological polar surface area (TPSA) is 112 Å². The fraction of sp³-hybridized carbons (Fsp3) is 0.423. The molecule has 0 bridgehead atoms. The van der Waals surface area contributed by atoms with Crippen LogP contribution in [-0.2, 0) is 4.74 Å². The number of pyridine rings is 1. The van der Waals surface area contributed by atoms with Gasteiger partial charge in [-0.15, -0.1) is 0 Å². The molecule has 2 amide bonds. The first-order valence-electron chi connectivity index (χ1n) is 12.5. The van der Waals surface area contributed by atoms with E-state index >= 15 is 0 Å². The highest BCUT2D eigenvalue weighted by Gasteiger charge is 2.36. The van der Waals surface area contributed by atoms with Gasteiger partial charge in [0.25, 0.3) is 0 Å². The van der Waals surface area contributed by atoms with Crippen LogP contribution in [0.4, 0.5) is 35.4 Å². The molecule has 4 N–H and O–H groups in total. The Labute approximate surface area is 218 Å². The number of anilines is 3. The van der Waals surface area contributed by atoms with Gasteiger partial charge in [0.2, 0.25) is 0 Å². The van der Waals surface area contributed by atoms with Gasteiger partial charge in [-0.3, -0.25) is 0 Å². The summed E-state index contributed by atoms with van der Waals surface area (Å²) in [5, 5.41) is 2.86. The van der Waals surface area contributed by atoms with Gasteiger partial charge in [0.15, 0.2) is 5.95 Å². The third kappa shape index (κ3) is 6.01. The van der Waals surface area contributed by atoms with Gasteiger partial charge < -0.3 is 30.6 Å². The van der Waals surface area contributed by atoms with E-state index in [0.717, 1.165) is 22.5 Å². The summed E-state index contributed by atoms with van der Waals surface area (Å²) >= 11 is 0. The molecule has 1 aromatic carbocycles. The summed E-state index contributed by atoms with van der Waals surface area (Å²) < 4.78 is 43.8. The molecule has 4 heterocycles. The largest absolute Gasteiger partial charge is 0.389 e. The molecular weight excluding hydrogens is 499 g/mol. The van der Waals surface area contributed by atoms with Crippen LogP contribution in [0.2, 0.25) is 0 Å². The number of morpholine rings is 1. The molecule has 9 nitrogen and oxygen atoms in total. The molecule has 2 saturated heterocycles. The van der Waals surface area contributed by atoms with E-state index in [0.29, 0.717) is 62.3 Å². The summed E-state index contributed by atoms with van der Waals surface area (Å²) in [6.07, 6.45) is -3.12. The van der Waals surface area contributed by atoms with Gasteiger partial charge in [0.05, 0.1) is 30.8 Å². The Morgan fingerprint density at radius 3 is 2.71 bits per heavy atom. The Balaban J connectivity index is 1.41.